The fourth-order valence-electron chi connectivity index (χ4n) is 2.91. The van der Waals surface area contributed by atoms with E-state index in [1.807, 2.05) is 0 Å². The van der Waals surface area contributed by atoms with Gasteiger partial charge < -0.3 is 15.5 Å². The Morgan fingerprint density at radius 3 is 2.57 bits per heavy atom. The van der Waals surface area contributed by atoms with Crippen LogP contribution in [0.5, 0.6) is 0 Å². The number of nitrogens with one attached hydrogen (secondary N) is 2. The Morgan fingerprint density at radius 1 is 1.22 bits per heavy atom. The van der Waals surface area contributed by atoms with Crippen LogP contribution in [0.1, 0.15) is 58.8 Å². The van der Waals surface area contributed by atoms with Crippen molar-refractivity contribution in [1.82, 2.24) is 15.5 Å². The molecule has 1 saturated heterocycles. The maximum Gasteiger partial charge on any atom is 0.226 e. The van der Waals surface area contributed by atoms with Gasteiger partial charge >= 0.3 is 0 Å². The molecule has 2 rings (SSSR count). The molecule has 0 aromatic heterocycles. The maximum absolute atomic E-state index is 12.2. The van der Waals surface area contributed by atoms with Crippen LogP contribution in [-0.4, -0.2) is 48.3 Å². The van der Waals surface area contributed by atoms with E-state index in [9.17, 15) is 14.4 Å². The van der Waals surface area contributed by atoms with Crippen molar-refractivity contribution in [2.75, 3.05) is 19.6 Å². The molecular weight excluding hydrogens is 294 g/mol. The number of hydrogen-bond donors (Lipinski definition) is 2. The van der Waals surface area contributed by atoms with Gasteiger partial charge in [0, 0.05) is 38.5 Å². The van der Waals surface area contributed by atoms with E-state index < -0.39 is 5.41 Å². The number of carbonyl (C=O) groups is 3. The van der Waals surface area contributed by atoms with E-state index in [4.69, 9.17) is 0 Å². The number of hydrogen-bond acceptors (Lipinski definition) is 3. The maximum atomic E-state index is 12.2. The summed E-state index contributed by atoms with van der Waals surface area (Å²) in [4.78, 5) is 37.8. The van der Waals surface area contributed by atoms with Crippen LogP contribution in [0.4, 0.5) is 0 Å². The first kappa shape index (κ1) is 17.8. The minimum Gasteiger partial charge on any atom is -0.354 e. The molecule has 1 heterocycles. The zero-order chi connectivity index (χ0) is 16.9. The predicted molar refractivity (Wildman–Crippen MR) is 87.6 cm³/mol. The summed E-state index contributed by atoms with van der Waals surface area (Å²) in [5.41, 5.74) is -0.708. The fourth-order valence-corrected chi connectivity index (χ4v) is 2.91. The van der Waals surface area contributed by atoms with Gasteiger partial charge in [-0.1, -0.05) is 13.8 Å². The summed E-state index contributed by atoms with van der Waals surface area (Å²) >= 11 is 0. The number of piperidine rings is 1. The van der Waals surface area contributed by atoms with Gasteiger partial charge in [-0.05, 0) is 32.1 Å². The lowest BCUT2D eigenvalue weighted by atomic mass is 9.85. The summed E-state index contributed by atoms with van der Waals surface area (Å²) in [7, 11) is 0. The molecule has 0 atom stereocenters. The average molecular weight is 323 g/mol. The van der Waals surface area contributed by atoms with Crippen molar-refractivity contribution in [3.05, 3.63) is 0 Å². The summed E-state index contributed by atoms with van der Waals surface area (Å²) < 4.78 is 0. The zero-order valence-corrected chi connectivity index (χ0v) is 14.3. The van der Waals surface area contributed by atoms with Crippen molar-refractivity contribution in [3.8, 4) is 0 Å². The van der Waals surface area contributed by atoms with Gasteiger partial charge in [-0.3, -0.25) is 14.4 Å². The van der Waals surface area contributed by atoms with Gasteiger partial charge in [0.15, 0.2) is 0 Å². The van der Waals surface area contributed by atoms with Crippen molar-refractivity contribution >= 4 is 17.7 Å². The van der Waals surface area contributed by atoms with Crippen LogP contribution in [0.15, 0.2) is 0 Å². The molecule has 0 bridgehead atoms. The molecule has 1 saturated carbocycles. The van der Waals surface area contributed by atoms with Gasteiger partial charge in [0.05, 0.1) is 5.41 Å². The van der Waals surface area contributed by atoms with E-state index in [-0.39, 0.29) is 30.2 Å². The monoisotopic (exact) mass is 323 g/mol. The number of nitrogens with zero attached hydrogens (tertiary/aromatic N) is 1. The van der Waals surface area contributed by atoms with Gasteiger partial charge in [-0.2, -0.15) is 0 Å². The number of likely N-dealkylation sites (tertiary alicyclic amines) is 1. The number of amides is 3. The molecule has 23 heavy (non-hydrogen) atoms. The van der Waals surface area contributed by atoms with Crippen LogP contribution in [0.25, 0.3) is 0 Å². The number of carbonyl (C=O) groups excluding carboxylic acids is 3. The smallest absolute Gasteiger partial charge is 0.226 e. The largest absolute Gasteiger partial charge is 0.354 e. The molecule has 0 aromatic rings. The Hall–Kier alpha value is -1.59. The van der Waals surface area contributed by atoms with Crippen LogP contribution in [0.3, 0.4) is 0 Å². The zero-order valence-electron chi connectivity index (χ0n) is 14.3. The van der Waals surface area contributed by atoms with Gasteiger partial charge in [-0.15, -0.1) is 0 Å². The first-order valence-electron chi connectivity index (χ1n) is 8.74. The quantitative estimate of drug-likeness (QED) is 0.739. The molecule has 0 unspecified atom stereocenters. The van der Waals surface area contributed by atoms with Crippen molar-refractivity contribution in [2.45, 2.75) is 64.8 Å². The highest BCUT2D eigenvalue weighted by atomic mass is 16.2. The van der Waals surface area contributed by atoms with E-state index in [0.29, 0.717) is 19.5 Å². The standard InChI is InChI=1S/C17H29N3O3/c1-17(2,16(23)19-13-6-5-7-13)12-14(21)18-9-11-20-10-4-3-8-15(20)22/h13H,3-12H2,1-2H3,(H,18,21)(H,19,23). The molecule has 2 N–H and O–H groups in total. The predicted octanol–water partition coefficient (Wildman–Crippen LogP) is 1.20. The third kappa shape index (κ3) is 5.22. The first-order chi connectivity index (χ1) is 10.9. The van der Waals surface area contributed by atoms with Crippen LogP contribution in [0, 0.1) is 5.41 Å². The molecule has 1 aliphatic heterocycles. The van der Waals surface area contributed by atoms with E-state index >= 15 is 0 Å². The second kappa shape index (κ2) is 7.79. The molecule has 3 amide bonds. The first-order valence-corrected chi connectivity index (χ1v) is 8.74. The highest BCUT2D eigenvalue weighted by Crippen LogP contribution is 2.24. The Bertz CT molecular complexity index is 458. The minimum absolute atomic E-state index is 0.0523. The van der Waals surface area contributed by atoms with Crippen LogP contribution in [-0.2, 0) is 14.4 Å². The molecule has 0 aromatic carbocycles. The molecule has 1 aliphatic carbocycles. The van der Waals surface area contributed by atoms with Crippen molar-refractivity contribution in [2.24, 2.45) is 5.41 Å². The summed E-state index contributed by atoms with van der Waals surface area (Å²) in [5.74, 6) is -0.0162. The van der Waals surface area contributed by atoms with Gasteiger partial charge in [0.2, 0.25) is 17.7 Å². The highest BCUT2D eigenvalue weighted by molar-refractivity contribution is 5.88. The van der Waals surface area contributed by atoms with E-state index in [1.54, 1.807) is 18.7 Å². The normalized spacial score (nSPS) is 19.2. The second-order valence-corrected chi connectivity index (χ2v) is 7.35. The summed E-state index contributed by atoms with van der Waals surface area (Å²) in [6.45, 7) is 5.39. The van der Waals surface area contributed by atoms with Crippen LogP contribution < -0.4 is 10.6 Å². The lowest BCUT2D eigenvalue weighted by Gasteiger charge is -2.31. The Kier molecular flexibility index (Phi) is 6.02. The molecule has 2 aliphatic rings. The molecule has 6 nitrogen and oxygen atoms in total. The third-order valence-corrected chi connectivity index (χ3v) is 4.78. The minimum atomic E-state index is -0.708. The molecule has 2 fully saturated rings. The highest BCUT2D eigenvalue weighted by Gasteiger charge is 2.33. The lowest BCUT2D eigenvalue weighted by Crippen LogP contribution is -2.47. The van der Waals surface area contributed by atoms with E-state index in [0.717, 1.165) is 32.2 Å². The molecular formula is C17H29N3O3. The molecule has 0 spiro atoms. The molecule has 6 heteroatoms. The SMILES string of the molecule is CC(C)(CC(=O)NCCN1CCCCC1=O)C(=O)NC1CCC1. The van der Waals surface area contributed by atoms with Crippen molar-refractivity contribution in [3.63, 3.8) is 0 Å². The lowest BCUT2D eigenvalue weighted by molar-refractivity contribution is -0.136. The third-order valence-electron chi connectivity index (χ3n) is 4.78. The molecule has 130 valence electrons. The molecule has 0 radical (unpaired) electrons. The Morgan fingerprint density at radius 2 is 1.96 bits per heavy atom. The summed E-state index contributed by atoms with van der Waals surface area (Å²) in [5, 5.41) is 5.83. The topological polar surface area (TPSA) is 78.5 Å². The fraction of sp³-hybridized carbons (Fsp3) is 0.824. The number of rotatable bonds is 7. The van der Waals surface area contributed by atoms with Gasteiger partial charge in [-0.25, -0.2) is 0 Å². The van der Waals surface area contributed by atoms with Gasteiger partial charge in [0.1, 0.15) is 0 Å². The van der Waals surface area contributed by atoms with E-state index in [2.05, 4.69) is 10.6 Å². The Balaban J connectivity index is 1.68. The van der Waals surface area contributed by atoms with Crippen molar-refractivity contribution in [1.29, 1.82) is 0 Å². The summed E-state index contributed by atoms with van der Waals surface area (Å²) in [6.07, 6.45) is 6.03. The Labute approximate surface area is 138 Å². The van der Waals surface area contributed by atoms with Crippen molar-refractivity contribution < 1.29 is 14.4 Å². The van der Waals surface area contributed by atoms with Crippen LogP contribution >= 0.6 is 0 Å². The van der Waals surface area contributed by atoms with Crippen LogP contribution in [0.2, 0.25) is 0 Å². The second-order valence-electron chi connectivity index (χ2n) is 7.35. The summed E-state index contributed by atoms with van der Waals surface area (Å²) in [6, 6.07) is 0.287. The average Bonchev–Trinajstić information content (AvgIpc) is 2.44. The van der Waals surface area contributed by atoms with Gasteiger partial charge in [0.25, 0.3) is 0 Å². The van der Waals surface area contributed by atoms with E-state index in [1.165, 1.54) is 6.42 Å².